The van der Waals surface area contributed by atoms with Crippen molar-refractivity contribution in [1.29, 1.82) is 0 Å². The van der Waals surface area contributed by atoms with Gasteiger partial charge in [0.25, 0.3) is 0 Å². The van der Waals surface area contributed by atoms with Crippen molar-refractivity contribution < 1.29 is 18.7 Å². The molecule has 156 valence electrons. The quantitative estimate of drug-likeness (QED) is 0.513. The van der Waals surface area contributed by atoms with Crippen molar-refractivity contribution in [3.63, 3.8) is 0 Å². The predicted octanol–water partition coefficient (Wildman–Crippen LogP) is 4.12. The summed E-state index contributed by atoms with van der Waals surface area (Å²) in [6.07, 6.45) is 2.74. The van der Waals surface area contributed by atoms with Crippen LogP contribution in [0.4, 0.5) is 4.39 Å². The minimum absolute atomic E-state index is 0.0615. The van der Waals surface area contributed by atoms with Gasteiger partial charge in [-0.1, -0.05) is 12.1 Å². The van der Waals surface area contributed by atoms with Crippen molar-refractivity contribution in [3.8, 4) is 22.8 Å². The first-order valence-electron chi connectivity index (χ1n) is 10.0. The lowest BCUT2D eigenvalue weighted by Crippen LogP contribution is -2.23. The number of fused-ring (bicyclic) bond motifs is 2. The molecule has 0 atom stereocenters. The molecule has 3 heterocycles. The van der Waals surface area contributed by atoms with Crippen LogP contribution in [0.25, 0.3) is 16.9 Å². The molecule has 2 aromatic carbocycles. The van der Waals surface area contributed by atoms with Crippen molar-refractivity contribution in [2.24, 2.45) is 0 Å². The minimum atomic E-state index is -0.294. The highest BCUT2D eigenvalue weighted by molar-refractivity contribution is 5.77. The number of nitrogens with zero attached hydrogens (tertiary/aromatic N) is 2. The molecule has 1 aliphatic rings. The van der Waals surface area contributed by atoms with Crippen LogP contribution >= 0.6 is 0 Å². The Morgan fingerprint density at radius 1 is 1.06 bits per heavy atom. The van der Waals surface area contributed by atoms with E-state index in [1.807, 2.05) is 47.0 Å². The van der Waals surface area contributed by atoms with Gasteiger partial charge >= 0.3 is 0 Å². The lowest BCUT2D eigenvalue weighted by atomic mass is 10.1. The fraction of sp³-hybridized carbons (Fsp3) is 0.167. The van der Waals surface area contributed by atoms with Gasteiger partial charge in [0.15, 0.2) is 11.5 Å². The molecule has 2 aromatic heterocycles. The summed E-state index contributed by atoms with van der Waals surface area (Å²) in [7, 11) is 0. The number of hydrogen-bond donors (Lipinski definition) is 1. The van der Waals surface area contributed by atoms with Gasteiger partial charge in [0.05, 0.1) is 11.4 Å². The van der Waals surface area contributed by atoms with E-state index in [1.54, 1.807) is 12.1 Å². The molecule has 0 saturated heterocycles. The standard InChI is InChI=1S/C24H20FN3O3/c25-18-7-5-17(6-8-18)24-19(28-12-2-1-3-22(28)27-24)9-11-23(29)26-14-16-4-10-20-21(13-16)31-15-30-20/h1-8,10,12-13H,9,11,14-15H2,(H,26,29). The normalized spacial score (nSPS) is 12.3. The van der Waals surface area contributed by atoms with Gasteiger partial charge in [-0.3, -0.25) is 4.79 Å². The maximum absolute atomic E-state index is 13.4. The Morgan fingerprint density at radius 2 is 1.90 bits per heavy atom. The summed E-state index contributed by atoms with van der Waals surface area (Å²) in [5, 5.41) is 2.95. The molecule has 7 heteroatoms. The summed E-state index contributed by atoms with van der Waals surface area (Å²) in [6, 6.07) is 17.6. The largest absolute Gasteiger partial charge is 0.454 e. The molecule has 0 aliphatic carbocycles. The number of imidazole rings is 1. The zero-order valence-corrected chi connectivity index (χ0v) is 16.7. The number of amides is 1. The molecular weight excluding hydrogens is 397 g/mol. The van der Waals surface area contributed by atoms with Gasteiger partial charge in [0.1, 0.15) is 11.5 Å². The van der Waals surface area contributed by atoms with E-state index < -0.39 is 0 Å². The van der Waals surface area contributed by atoms with Gasteiger partial charge in [-0.15, -0.1) is 0 Å². The summed E-state index contributed by atoms with van der Waals surface area (Å²) in [5.41, 5.74) is 4.23. The molecular formula is C24H20FN3O3. The Bertz CT molecular complexity index is 1250. The number of hydrogen-bond acceptors (Lipinski definition) is 4. The molecule has 0 spiro atoms. The third-order valence-electron chi connectivity index (χ3n) is 5.26. The van der Waals surface area contributed by atoms with Gasteiger partial charge in [-0.05, 0) is 60.5 Å². The molecule has 0 fully saturated rings. The van der Waals surface area contributed by atoms with E-state index in [9.17, 15) is 9.18 Å². The molecule has 0 unspecified atom stereocenters. The number of halogens is 1. The number of carbonyl (C=O) groups is 1. The monoisotopic (exact) mass is 417 g/mol. The van der Waals surface area contributed by atoms with Crippen LogP contribution in [-0.2, 0) is 17.8 Å². The van der Waals surface area contributed by atoms with Crippen molar-refractivity contribution in [2.75, 3.05) is 6.79 Å². The molecule has 5 rings (SSSR count). The zero-order valence-electron chi connectivity index (χ0n) is 16.7. The third kappa shape index (κ3) is 3.94. The van der Waals surface area contributed by atoms with Crippen molar-refractivity contribution in [1.82, 2.24) is 14.7 Å². The second-order valence-electron chi connectivity index (χ2n) is 7.31. The van der Waals surface area contributed by atoms with E-state index in [0.29, 0.717) is 25.1 Å². The topological polar surface area (TPSA) is 64.9 Å². The second kappa shape index (κ2) is 8.10. The van der Waals surface area contributed by atoms with Crippen molar-refractivity contribution in [3.05, 3.63) is 83.9 Å². The Kier molecular flexibility index (Phi) is 5.00. The van der Waals surface area contributed by atoms with Crippen LogP contribution in [0, 0.1) is 5.82 Å². The van der Waals surface area contributed by atoms with Gasteiger partial charge in [0, 0.05) is 24.7 Å². The molecule has 0 radical (unpaired) electrons. The van der Waals surface area contributed by atoms with Crippen molar-refractivity contribution >= 4 is 11.6 Å². The molecule has 0 bridgehead atoms. The number of pyridine rings is 1. The van der Waals surface area contributed by atoms with Crippen LogP contribution in [0.5, 0.6) is 11.5 Å². The number of nitrogens with one attached hydrogen (secondary N) is 1. The Labute approximate surface area is 178 Å². The van der Waals surface area contributed by atoms with Crippen LogP contribution in [-0.4, -0.2) is 22.1 Å². The highest BCUT2D eigenvalue weighted by Gasteiger charge is 2.16. The summed E-state index contributed by atoms with van der Waals surface area (Å²) < 4.78 is 26.0. The molecule has 0 saturated carbocycles. The zero-order chi connectivity index (χ0) is 21.2. The molecule has 6 nitrogen and oxygen atoms in total. The molecule has 4 aromatic rings. The van der Waals surface area contributed by atoms with E-state index in [1.165, 1.54) is 12.1 Å². The molecule has 1 N–H and O–H groups in total. The van der Waals surface area contributed by atoms with E-state index in [-0.39, 0.29) is 18.5 Å². The minimum Gasteiger partial charge on any atom is -0.454 e. The lowest BCUT2D eigenvalue weighted by molar-refractivity contribution is -0.121. The first-order valence-corrected chi connectivity index (χ1v) is 10.0. The van der Waals surface area contributed by atoms with Gasteiger partial charge < -0.3 is 19.2 Å². The van der Waals surface area contributed by atoms with Crippen molar-refractivity contribution in [2.45, 2.75) is 19.4 Å². The van der Waals surface area contributed by atoms with Crippen LogP contribution < -0.4 is 14.8 Å². The Hall–Kier alpha value is -3.87. The van der Waals surface area contributed by atoms with Crippen LogP contribution in [0.1, 0.15) is 17.7 Å². The fourth-order valence-electron chi connectivity index (χ4n) is 3.70. The number of benzene rings is 2. The van der Waals surface area contributed by atoms with E-state index in [0.717, 1.165) is 33.9 Å². The van der Waals surface area contributed by atoms with Crippen LogP contribution in [0.3, 0.4) is 0 Å². The van der Waals surface area contributed by atoms with Gasteiger partial charge in [0.2, 0.25) is 12.7 Å². The molecule has 1 aliphatic heterocycles. The number of ether oxygens (including phenoxy) is 2. The number of carbonyl (C=O) groups excluding carboxylic acids is 1. The molecule has 31 heavy (non-hydrogen) atoms. The second-order valence-corrected chi connectivity index (χ2v) is 7.31. The Balaban J connectivity index is 1.30. The maximum atomic E-state index is 13.4. The maximum Gasteiger partial charge on any atom is 0.231 e. The SMILES string of the molecule is O=C(CCc1c(-c2ccc(F)cc2)nc2ccccn12)NCc1ccc2c(c1)OCO2. The average molecular weight is 417 g/mol. The summed E-state index contributed by atoms with van der Waals surface area (Å²) in [5.74, 6) is 1.06. The number of rotatable bonds is 6. The number of aromatic nitrogens is 2. The summed E-state index contributed by atoms with van der Waals surface area (Å²) >= 11 is 0. The average Bonchev–Trinajstić information content (AvgIpc) is 3.41. The predicted molar refractivity (Wildman–Crippen MR) is 113 cm³/mol. The van der Waals surface area contributed by atoms with E-state index >= 15 is 0 Å². The molecule has 1 amide bonds. The summed E-state index contributed by atoms with van der Waals surface area (Å²) in [4.78, 5) is 17.2. The number of aryl methyl sites for hydroxylation is 1. The van der Waals surface area contributed by atoms with Crippen LogP contribution in [0.15, 0.2) is 66.9 Å². The Morgan fingerprint density at radius 3 is 2.77 bits per heavy atom. The highest BCUT2D eigenvalue weighted by Crippen LogP contribution is 2.32. The van der Waals surface area contributed by atoms with Gasteiger partial charge in [-0.25, -0.2) is 9.37 Å². The summed E-state index contributed by atoms with van der Waals surface area (Å²) in [6.45, 7) is 0.633. The third-order valence-corrected chi connectivity index (χ3v) is 5.26. The van der Waals surface area contributed by atoms with Crippen LogP contribution in [0.2, 0.25) is 0 Å². The smallest absolute Gasteiger partial charge is 0.231 e. The van der Waals surface area contributed by atoms with E-state index in [2.05, 4.69) is 5.32 Å². The highest BCUT2D eigenvalue weighted by atomic mass is 19.1. The van der Waals surface area contributed by atoms with E-state index in [4.69, 9.17) is 14.5 Å². The first kappa shape index (κ1) is 19.1. The first-order chi connectivity index (χ1) is 15.2. The fourth-order valence-corrected chi connectivity index (χ4v) is 3.70. The lowest BCUT2D eigenvalue weighted by Gasteiger charge is -2.08. The van der Waals surface area contributed by atoms with Gasteiger partial charge in [-0.2, -0.15) is 0 Å².